The van der Waals surface area contributed by atoms with Crippen molar-refractivity contribution in [3.05, 3.63) is 29.8 Å². The molecule has 0 aliphatic heterocycles. The predicted octanol–water partition coefficient (Wildman–Crippen LogP) is 0.976. The van der Waals surface area contributed by atoms with E-state index in [4.69, 9.17) is 10.2 Å². The van der Waals surface area contributed by atoms with Crippen molar-refractivity contribution in [1.82, 2.24) is 5.32 Å². The zero-order chi connectivity index (χ0) is 14.4. The van der Waals surface area contributed by atoms with Crippen LogP contribution >= 0.6 is 0 Å². The van der Waals surface area contributed by atoms with Crippen LogP contribution in [0.1, 0.15) is 12.0 Å². The molecule has 0 radical (unpaired) electrons. The number of carboxylic acids is 1. The summed E-state index contributed by atoms with van der Waals surface area (Å²) in [6.45, 7) is 2.06. The van der Waals surface area contributed by atoms with Gasteiger partial charge in [0.2, 0.25) is 0 Å². The van der Waals surface area contributed by atoms with Crippen LogP contribution in [-0.4, -0.2) is 41.9 Å². The van der Waals surface area contributed by atoms with Gasteiger partial charge in [-0.1, -0.05) is 17.7 Å². The van der Waals surface area contributed by atoms with E-state index in [9.17, 15) is 9.59 Å². The molecular formula is C13H18N2O4. The molecule has 0 fully saturated rings. The fourth-order valence-corrected chi connectivity index (χ4v) is 1.44. The third kappa shape index (κ3) is 4.59. The second-order valence-electron chi connectivity index (χ2n) is 4.27. The third-order valence-corrected chi connectivity index (χ3v) is 2.70. The van der Waals surface area contributed by atoms with Gasteiger partial charge in [-0.2, -0.15) is 0 Å². The van der Waals surface area contributed by atoms with Gasteiger partial charge in [0, 0.05) is 25.7 Å². The third-order valence-electron chi connectivity index (χ3n) is 2.70. The number of aliphatic hydroxyl groups excluding tert-OH is 1. The van der Waals surface area contributed by atoms with Crippen molar-refractivity contribution in [2.45, 2.75) is 19.4 Å². The molecule has 0 saturated heterocycles. The summed E-state index contributed by atoms with van der Waals surface area (Å²) < 4.78 is 0. The van der Waals surface area contributed by atoms with Crippen molar-refractivity contribution >= 4 is 17.7 Å². The number of hydrogen-bond acceptors (Lipinski definition) is 3. The molecule has 1 atom stereocenters. The van der Waals surface area contributed by atoms with Crippen molar-refractivity contribution < 1.29 is 19.8 Å². The fourth-order valence-electron chi connectivity index (χ4n) is 1.44. The predicted molar refractivity (Wildman–Crippen MR) is 71.2 cm³/mol. The van der Waals surface area contributed by atoms with E-state index in [1.54, 1.807) is 7.05 Å². The van der Waals surface area contributed by atoms with E-state index in [-0.39, 0.29) is 19.0 Å². The highest BCUT2D eigenvalue weighted by Crippen LogP contribution is 2.13. The molecule has 6 heteroatoms. The maximum Gasteiger partial charge on any atom is 0.332 e. The first-order valence-electron chi connectivity index (χ1n) is 5.91. The highest BCUT2D eigenvalue weighted by Gasteiger charge is 2.14. The number of hydrogen-bond donors (Lipinski definition) is 3. The molecule has 0 aliphatic carbocycles. The summed E-state index contributed by atoms with van der Waals surface area (Å²) >= 11 is 0. The smallest absolute Gasteiger partial charge is 0.332 e. The Bertz CT molecular complexity index is 444. The number of anilines is 1. The van der Waals surface area contributed by atoms with Gasteiger partial charge in [0.15, 0.2) is 6.10 Å². The van der Waals surface area contributed by atoms with E-state index in [2.05, 4.69) is 5.32 Å². The van der Waals surface area contributed by atoms with Crippen LogP contribution in [0.25, 0.3) is 0 Å². The lowest BCUT2D eigenvalue weighted by Crippen LogP contribution is -2.39. The Kier molecular flexibility index (Phi) is 5.32. The SMILES string of the molecule is Cc1ccc(N(C)C(=O)NCCC(O)C(=O)O)cc1. The molecule has 2 amide bonds. The minimum Gasteiger partial charge on any atom is -0.479 e. The number of carbonyl (C=O) groups excluding carboxylic acids is 1. The van der Waals surface area contributed by atoms with Crippen LogP contribution in [0.15, 0.2) is 24.3 Å². The lowest BCUT2D eigenvalue weighted by atomic mass is 10.2. The lowest BCUT2D eigenvalue weighted by Gasteiger charge is -2.18. The minimum atomic E-state index is -1.45. The number of nitrogens with zero attached hydrogens (tertiary/aromatic N) is 1. The second-order valence-corrected chi connectivity index (χ2v) is 4.27. The van der Waals surface area contributed by atoms with Crippen LogP contribution in [0, 0.1) is 6.92 Å². The Balaban J connectivity index is 2.45. The molecule has 1 aromatic carbocycles. The molecule has 1 aromatic rings. The summed E-state index contributed by atoms with van der Waals surface area (Å²) in [5.41, 5.74) is 1.84. The Labute approximate surface area is 111 Å². The number of carboxylic acid groups (broad SMARTS) is 1. The molecule has 0 heterocycles. The standard InChI is InChI=1S/C13H18N2O4/c1-9-3-5-10(6-4-9)15(2)13(19)14-8-7-11(16)12(17)18/h3-6,11,16H,7-8H2,1-2H3,(H,14,19)(H,17,18). The van der Waals surface area contributed by atoms with E-state index in [0.717, 1.165) is 11.3 Å². The highest BCUT2D eigenvalue weighted by atomic mass is 16.4. The van der Waals surface area contributed by atoms with Gasteiger partial charge < -0.3 is 15.5 Å². The molecule has 0 bridgehead atoms. The summed E-state index contributed by atoms with van der Waals surface area (Å²) in [4.78, 5) is 23.6. The zero-order valence-electron chi connectivity index (χ0n) is 11.0. The number of amides is 2. The van der Waals surface area contributed by atoms with Crippen LogP contribution < -0.4 is 10.2 Å². The van der Waals surface area contributed by atoms with E-state index in [1.165, 1.54) is 4.90 Å². The normalized spacial score (nSPS) is 11.7. The largest absolute Gasteiger partial charge is 0.479 e. The van der Waals surface area contributed by atoms with Crippen molar-refractivity contribution in [1.29, 1.82) is 0 Å². The van der Waals surface area contributed by atoms with Crippen LogP contribution in [0.2, 0.25) is 0 Å². The Morgan fingerprint density at radius 3 is 2.42 bits per heavy atom. The van der Waals surface area contributed by atoms with Gasteiger partial charge in [-0.15, -0.1) is 0 Å². The zero-order valence-corrected chi connectivity index (χ0v) is 11.0. The average Bonchev–Trinajstić information content (AvgIpc) is 2.38. The quantitative estimate of drug-likeness (QED) is 0.741. The molecule has 6 nitrogen and oxygen atoms in total. The van der Waals surface area contributed by atoms with Crippen molar-refractivity contribution in [3.63, 3.8) is 0 Å². The number of rotatable bonds is 5. The van der Waals surface area contributed by atoms with Gasteiger partial charge in [-0.05, 0) is 19.1 Å². The van der Waals surface area contributed by atoms with Crippen molar-refractivity contribution in [3.8, 4) is 0 Å². The number of urea groups is 1. The summed E-state index contributed by atoms with van der Waals surface area (Å²) in [6, 6.07) is 7.09. The summed E-state index contributed by atoms with van der Waals surface area (Å²) in [5, 5.41) is 20.1. The van der Waals surface area contributed by atoms with Gasteiger partial charge in [0.1, 0.15) is 0 Å². The van der Waals surface area contributed by atoms with E-state index >= 15 is 0 Å². The number of aliphatic hydroxyl groups is 1. The molecule has 0 aliphatic rings. The molecule has 0 spiro atoms. The fraction of sp³-hybridized carbons (Fsp3) is 0.385. The topological polar surface area (TPSA) is 89.9 Å². The lowest BCUT2D eigenvalue weighted by molar-refractivity contribution is -0.146. The summed E-state index contributed by atoms with van der Waals surface area (Å²) in [7, 11) is 1.62. The molecule has 1 rings (SSSR count). The Morgan fingerprint density at radius 2 is 1.89 bits per heavy atom. The van der Waals surface area contributed by atoms with Gasteiger partial charge in [-0.3, -0.25) is 4.90 Å². The maximum atomic E-state index is 11.8. The van der Waals surface area contributed by atoms with Gasteiger partial charge >= 0.3 is 12.0 Å². The van der Waals surface area contributed by atoms with Crippen LogP contribution in [0.4, 0.5) is 10.5 Å². The average molecular weight is 266 g/mol. The van der Waals surface area contributed by atoms with Crippen LogP contribution in [-0.2, 0) is 4.79 Å². The number of aliphatic carboxylic acids is 1. The first-order chi connectivity index (χ1) is 8.91. The number of carbonyl (C=O) groups is 2. The minimum absolute atomic E-state index is 0.0250. The van der Waals surface area contributed by atoms with Crippen molar-refractivity contribution in [2.24, 2.45) is 0 Å². The number of benzene rings is 1. The second kappa shape index (κ2) is 6.75. The van der Waals surface area contributed by atoms with Crippen LogP contribution in [0.3, 0.4) is 0 Å². The Morgan fingerprint density at radius 1 is 1.32 bits per heavy atom. The summed E-state index contributed by atoms with van der Waals surface area (Å²) in [5.74, 6) is -1.29. The molecule has 0 aromatic heterocycles. The summed E-state index contributed by atoms with van der Waals surface area (Å²) in [6.07, 6.45) is -1.48. The monoisotopic (exact) mass is 266 g/mol. The van der Waals surface area contributed by atoms with E-state index in [1.807, 2.05) is 31.2 Å². The van der Waals surface area contributed by atoms with Gasteiger partial charge in [0.25, 0.3) is 0 Å². The first-order valence-corrected chi connectivity index (χ1v) is 5.91. The maximum absolute atomic E-state index is 11.8. The molecule has 3 N–H and O–H groups in total. The number of nitrogens with one attached hydrogen (secondary N) is 1. The highest BCUT2D eigenvalue weighted by molar-refractivity contribution is 5.91. The molecule has 19 heavy (non-hydrogen) atoms. The van der Waals surface area contributed by atoms with Crippen LogP contribution in [0.5, 0.6) is 0 Å². The molecule has 104 valence electrons. The Hall–Kier alpha value is -2.08. The first kappa shape index (κ1) is 15.0. The van der Waals surface area contributed by atoms with Gasteiger partial charge in [0.05, 0.1) is 0 Å². The van der Waals surface area contributed by atoms with Gasteiger partial charge in [-0.25, -0.2) is 9.59 Å². The van der Waals surface area contributed by atoms with E-state index < -0.39 is 12.1 Å². The molecular weight excluding hydrogens is 248 g/mol. The molecule has 1 unspecified atom stereocenters. The van der Waals surface area contributed by atoms with E-state index in [0.29, 0.717) is 0 Å². The molecule has 0 saturated carbocycles. The van der Waals surface area contributed by atoms with Crippen molar-refractivity contribution in [2.75, 3.05) is 18.5 Å². The number of aryl methyl sites for hydroxylation is 1.